The molecule has 1 aromatic carbocycles. The van der Waals surface area contributed by atoms with Gasteiger partial charge in [0.05, 0.1) is 0 Å². The zero-order chi connectivity index (χ0) is 13.5. The molecule has 0 spiro atoms. The Morgan fingerprint density at radius 1 is 1.50 bits per heavy atom. The highest BCUT2D eigenvalue weighted by Crippen LogP contribution is 2.19. The number of halogens is 1. The topological polar surface area (TPSA) is 49.3 Å². The van der Waals surface area contributed by atoms with Gasteiger partial charge in [0.15, 0.2) is 0 Å². The zero-order valence-corrected chi connectivity index (χ0v) is 11.6. The molecule has 0 saturated carbocycles. The molecule has 0 aromatic heterocycles. The number of rotatable bonds is 6. The van der Waals surface area contributed by atoms with Crippen molar-refractivity contribution < 1.29 is 9.90 Å². The number of phenols is 1. The summed E-state index contributed by atoms with van der Waals surface area (Å²) in [6, 6.07) is 4.97. The molecule has 18 heavy (non-hydrogen) atoms. The van der Waals surface area contributed by atoms with Crippen molar-refractivity contribution in [3.05, 3.63) is 29.3 Å². The van der Waals surface area contributed by atoms with Crippen LogP contribution in [0.5, 0.6) is 5.75 Å². The van der Waals surface area contributed by atoms with Crippen LogP contribution in [0.3, 0.4) is 0 Å². The van der Waals surface area contributed by atoms with Gasteiger partial charge < -0.3 is 10.4 Å². The third-order valence-corrected chi connectivity index (χ3v) is 3.50. The molecule has 1 aromatic rings. The lowest BCUT2D eigenvalue weighted by molar-refractivity contribution is 0.0951. The number of hydrogen-bond acceptors (Lipinski definition) is 2. The van der Waals surface area contributed by atoms with Gasteiger partial charge in [0.2, 0.25) is 0 Å². The highest BCUT2D eigenvalue weighted by Gasteiger charge is 2.10. The molecule has 0 radical (unpaired) electrons. The molecule has 0 aliphatic heterocycles. The van der Waals surface area contributed by atoms with Gasteiger partial charge in [0.1, 0.15) is 5.75 Å². The molecular weight excluding hydrogens is 250 g/mol. The second-order valence-corrected chi connectivity index (χ2v) is 4.92. The van der Waals surface area contributed by atoms with Gasteiger partial charge in [0, 0.05) is 23.6 Å². The zero-order valence-electron chi connectivity index (χ0n) is 10.9. The van der Waals surface area contributed by atoms with Crippen LogP contribution in [0, 0.1) is 12.8 Å². The summed E-state index contributed by atoms with van der Waals surface area (Å²) < 4.78 is 0. The maximum atomic E-state index is 11.9. The second kappa shape index (κ2) is 7.27. The Bertz CT molecular complexity index is 407. The predicted molar refractivity (Wildman–Crippen MR) is 74.3 cm³/mol. The normalized spacial score (nSPS) is 12.2. The van der Waals surface area contributed by atoms with Gasteiger partial charge in [-0.25, -0.2) is 0 Å². The monoisotopic (exact) mass is 269 g/mol. The van der Waals surface area contributed by atoms with E-state index in [0.717, 1.165) is 12.8 Å². The number of alkyl halides is 1. The molecule has 3 nitrogen and oxygen atoms in total. The summed E-state index contributed by atoms with van der Waals surface area (Å²) in [7, 11) is 0. The van der Waals surface area contributed by atoms with E-state index in [1.54, 1.807) is 25.1 Å². The van der Waals surface area contributed by atoms with E-state index in [0.29, 0.717) is 29.5 Å². The number of nitrogens with one attached hydrogen (secondary N) is 1. The Morgan fingerprint density at radius 2 is 2.22 bits per heavy atom. The van der Waals surface area contributed by atoms with Gasteiger partial charge in [-0.3, -0.25) is 4.79 Å². The summed E-state index contributed by atoms with van der Waals surface area (Å²) in [5.41, 5.74) is 1.14. The molecule has 100 valence electrons. The highest BCUT2D eigenvalue weighted by atomic mass is 35.5. The molecule has 0 aliphatic rings. The van der Waals surface area contributed by atoms with E-state index >= 15 is 0 Å². The van der Waals surface area contributed by atoms with Crippen molar-refractivity contribution in [2.75, 3.05) is 12.4 Å². The summed E-state index contributed by atoms with van der Waals surface area (Å²) >= 11 is 5.71. The minimum absolute atomic E-state index is 0.137. The number of carbonyl (C=O) groups is 1. The van der Waals surface area contributed by atoms with Crippen LogP contribution in [0.4, 0.5) is 0 Å². The molecule has 0 heterocycles. The van der Waals surface area contributed by atoms with Crippen LogP contribution in [-0.4, -0.2) is 23.4 Å². The van der Waals surface area contributed by atoms with Gasteiger partial charge in [-0.15, -0.1) is 11.6 Å². The highest BCUT2D eigenvalue weighted by molar-refractivity contribution is 6.18. The average Bonchev–Trinajstić information content (AvgIpc) is 2.37. The van der Waals surface area contributed by atoms with Gasteiger partial charge in [0.25, 0.3) is 5.91 Å². The Labute approximate surface area is 113 Å². The third kappa shape index (κ3) is 4.22. The Kier molecular flexibility index (Phi) is 5.99. The van der Waals surface area contributed by atoms with Crippen LogP contribution in [0.15, 0.2) is 18.2 Å². The van der Waals surface area contributed by atoms with E-state index in [1.165, 1.54) is 0 Å². The van der Waals surface area contributed by atoms with Crippen LogP contribution >= 0.6 is 11.6 Å². The molecule has 1 unspecified atom stereocenters. The van der Waals surface area contributed by atoms with Gasteiger partial charge >= 0.3 is 0 Å². The van der Waals surface area contributed by atoms with E-state index in [2.05, 4.69) is 12.2 Å². The molecule has 0 bridgehead atoms. The first-order valence-electron chi connectivity index (χ1n) is 6.19. The van der Waals surface area contributed by atoms with E-state index in [1.807, 2.05) is 0 Å². The van der Waals surface area contributed by atoms with Gasteiger partial charge in [-0.05, 0) is 37.8 Å². The third-order valence-electron chi connectivity index (χ3n) is 2.97. The molecule has 1 amide bonds. The van der Waals surface area contributed by atoms with E-state index in [4.69, 9.17) is 11.6 Å². The minimum atomic E-state index is -0.137. The summed E-state index contributed by atoms with van der Waals surface area (Å²) in [6.45, 7) is 4.46. The van der Waals surface area contributed by atoms with Crippen LogP contribution in [0.1, 0.15) is 35.7 Å². The van der Waals surface area contributed by atoms with E-state index < -0.39 is 0 Å². The Morgan fingerprint density at radius 3 is 2.89 bits per heavy atom. The number of hydrogen-bond donors (Lipinski definition) is 2. The van der Waals surface area contributed by atoms with Crippen molar-refractivity contribution in [1.29, 1.82) is 0 Å². The van der Waals surface area contributed by atoms with E-state index in [-0.39, 0.29) is 11.7 Å². The predicted octanol–water partition coefficient (Wildman–Crippen LogP) is 3.09. The first-order chi connectivity index (χ1) is 8.56. The lowest BCUT2D eigenvalue weighted by atomic mass is 10.1. The molecule has 4 heteroatoms. The smallest absolute Gasteiger partial charge is 0.251 e. The lowest BCUT2D eigenvalue weighted by Gasteiger charge is -2.10. The Hall–Kier alpha value is -1.22. The standard InChI is InChI=1S/C14H20ClNO2/c1-10(9-15)5-4-8-16-14(18)12-6-3-7-13(17)11(12)2/h3,6-7,10,17H,4-5,8-9H2,1-2H3,(H,16,18). The maximum Gasteiger partial charge on any atom is 0.251 e. The maximum absolute atomic E-state index is 11.9. The van der Waals surface area contributed by atoms with Crippen molar-refractivity contribution in [2.45, 2.75) is 26.7 Å². The molecule has 2 N–H and O–H groups in total. The summed E-state index contributed by atoms with van der Waals surface area (Å²) in [5, 5.41) is 12.4. The van der Waals surface area contributed by atoms with Crippen molar-refractivity contribution in [2.24, 2.45) is 5.92 Å². The Balaban J connectivity index is 2.44. The van der Waals surface area contributed by atoms with Crippen LogP contribution < -0.4 is 5.32 Å². The number of amides is 1. The molecule has 1 atom stereocenters. The van der Waals surface area contributed by atoms with Crippen molar-refractivity contribution >= 4 is 17.5 Å². The SMILES string of the molecule is Cc1c(O)cccc1C(=O)NCCCC(C)CCl. The largest absolute Gasteiger partial charge is 0.508 e. The molecule has 0 fully saturated rings. The summed E-state index contributed by atoms with van der Waals surface area (Å²) in [6.07, 6.45) is 1.92. The number of aromatic hydroxyl groups is 1. The molecule has 1 rings (SSSR count). The fourth-order valence-corrected chi connectivity index (χ4v) is 1.85. The summed E-state index contributed by atoms with van der Waals surface area (Å²) in [4.78, 5) is 11.9. The number of benzene rings is 1. The first kappa shape index (κ1) is 14.8. The second-order valence-electron chi connectivity index (χ2n) is 4.61. The van der Waals surface area contributed by atoms with Crippen LogP contribution in [-0.2, 0) is 0 Å². The number of phenolic OH excluding ortho intramolecular Hbond substituents is 1. The van der Waals surface area contributed by atoms with Gasteiger partial charge in [-0.2, -0.15) is 0 Å². The van der Waals surface area contributed by atoms with Crippen molar-refractivity contribution in [3.8, 4) is 5.75 Å². The van der Waals surface area contributed by atoms with Crippen molar-refractivity contribution in [3.63, 3.8) is 0 Å². The fraction of sp³-hybridized carbons (Fsp3) is 0.500. The van der Waals surface area contributed by atoms with Crippen LogP contribution in [0.2, 0.25) is 0 Å². The van der Waals surface area contributed by atoms with Crippen molar-refractivity contribution in [1.82, 2.24) is 5.32 Å². The summed E-state index contributed by atoms with van der Waals surface area (Å²) in [5.74, 6) is 1.14. The quantitative estimate of drug-likeness (QED) is 0.616. The number of carbonyl (C=O) groups excluding carboxylic acids is 1. The average molecular weight is 270 g/mol. The van der Waals surface area contributed by atoms with Crippen LogP contribution in [0.25, 0.3) is 0 Å². The van der Waals surface area contributed by atoms with Gasteiger partial charge in [-0.1, -0.05) is 13.0 Å². The first-order valence-corrected chi connectivity index (χ1v) is 6.72. The lowest BCUT2D eigenvalue weighted by Crippen LogP contribution is -2.25. The minimum Gasteiger partial charge on any atom is -0.508 e. The van der Waals surface area contributed by atoms with E-state index in [9.17, 15) is 9.90 Å². The molecule has 0 saturated heterocycles. The molecular formula is C14H20ClNO2. The molecule has 0 aliphatic carbocycles. The fourth-order valence-electron chi connectivity index (χ4n) is 1.69.